The van der Waals surface area contributed by atoms with Crippen molar-refractivity contribution in [3.8, 4) is 0 Å². The van der Waals surface area contributed by atoms with Gasteiger partial charge < -0.3 is 4.74 Å². The number of nitrogens with zero attached hydrogens (tertiary/aromatic N) is 1. The fraction of sp³-hybridized carbons (Fsp3) is 0.364. The zero-order valence-corrected chi connectivity index (χ0v) is 9.23. The zero-order chi connectivity index (χ0) is 12.1. The quantitative estimate of drug-likeness (QED) is 0.444. The first-order valence-electron chi connectivity index (χ1n) is 4.94. The molecule has 0 spiro atoms. The Balaban J connectivity index is 2.90. The summed E-state index contributed by atoms with van der Waals surface area (Å²) in [7, 11) is 0. The molecule has 0 saturated heterocycles. The average Bonchev–Trinajstić information content (AvgIpc) is 2.21. The second-order valence-electron chi connectivity index (χ2n) is 3.35. The molecule has 5 heteroatoms. The monoisotopic (exact) mass is 223 g/mol. The van der Waals surface area contributed by atoms with Gasteiger partial charge in [0.25, 0.3) is 5.69 Å². The lowest BCUT2D eigenvalue weighted by atomic mass is 10.1. The van der Waals surface area contributed by atoms with Crippen LogP contribution in [0.2, 0.25) is 0 Å². The Kier molecular flexibility index (Phi) is 3.99. The van der Waals surface area contributed by atoms with E-state index in [2.05, 4.69) is 0 Å². The summed E-state index contributed by atoms with van der Waals surface area (Å²) in [5.74, 6) is -0.369. The molecule has 0 amide bonds. The van der Waals surface area contributed by atoms with Gasteiger partial charge in [-0.2, -0.15) is 0 Å². The number of rotatable bonds is 4. The SMILES string of the molecule is CCOC(=O)Cc1cc([N+](=O)[O-])ccc1C. The van der Waals surface area contributed by atoms with Crippen LogP contribution in [0.3, 0.4) is 0 Å². The van der Waals surface area contributed by atoms with Gasteiger partial charge in [0.2, 0.25) is 0 Å². The van der Waals surface area contributed by atoms with Crippen LogP contribution in [0.25, 0.3) is 0 Å². The summed E-state index contributed by atoms with van der Waals surface area (Å²) in [6.07, 6.45) is 0.0708. The number of carbonyl (C=O) groups is 1. The molecule has 0 atom stereocenters. The first-order valence-corrected chi connectivity index (χ1v) is 4.94. The number of nitro groups is 1. The van der Waals surface area contributed by atoms with Crippen molar-refractivity contribution in [3.05, 3.63) is 39.4 Å². The Morgan fingerprint density at radius 3 is 2.75 bits per heavy atom. The van der Waals surface area contributed by atoms with Gasteiger partial charge in [-0.1, -0.05) is 6.07 Å². The Morgan fingerprint density at radius 1 is 1.50 bits per heavy atom. The van der Waals surface area contributed by atoms with Gasteiger partial charge in [-0.05, 0) is 25.0 Å². The number of non-ortho nitro benzene ring substituents is 1. The number of nitro benzene ring substituents is 1. The average molecular weight is 223 g/mol. The van der Waals surface area contributed by atoms with Gasteiger partial charge >= 0.3 is 5.97 Å². The summed E-state index contributed by atoms with van der Waals surface area (Å²) in [6.45, 7) is 3.84. The molecule has 5 nitrogen and oxygen atoms in total. The summed E-state index contributed by atoms with van der Waals surface area (Å²) in [6, 6.07) is 4.46. The van der Waals surface area contributed by atoms with Crippen LogP contribution in [-0.2, 0) is 16.0 Å². The van der Waals surface area contributed by atoms with Gasteiger partial charge in [0.15, 0.2) is 0 Å². The highest BCUT2D eigenvalue weighted by Crippen LogP contribution is 2.18. The number of benzene rings is 1. The molecular weight excluding hydrogens is 210 g/mol. The maximum absolute atomic E-state index is 11.3. The normalized spacial score (nSPS) is 9.88. The number of esters is 1. The van der Waals surface area contributed by atoms with Crippen molar-refractivity contribution in [2.45, 2.75) is 20.3 Å². The van der Waals surface area contributed by atoms with E-state index in [1.165, 1.54) is 12.1 Å². The highest BCUT2D eigenvalue weighted by Gasteiger charge is 2.12. The third-order valence-electron chi connectivity index (χ3n) is 2.18. The molecule has 1 aromatic rings. The van der Waals surface area contributed by atoms with Gasteiger partial charge in [-0.15, -0.1) is 0 Å². The van der Waals surface area contributed by atoms with Crippen LogP contribution in [0.15, 0.2) is 18.2 Å². The largest absolute Gasteiger partial charge is 0.466 e. The molecule has 0 unspecified atom stereocenters. The first kappa shape index (κ1) is 12.2. The highest BCUT2D eigenvalue weighted by molar-refractivity contribution is 5.73. The summed E-state index contributed by atoms with van der Waals surface area (Å²) >= 11 is 0. The van der Waals surface area contributed by atoms with Gasteiger partial charge in [0, 0.05) is 12.1 Å². The van der Waals surface area contributed by atoms with Crippen molar-refractivity contribution in [2.75, 3.05) is 6.61 Å². The van der Waals surface area contributed by atoms with Gasteiger partial charge in [0.1, 0.15) is 0 Å². The molecule has 0 saturated carbocycles. The Morgan fingerprint density at radius 2 is 2.19 bits per heavy atom. The lowest BCUT2D eigenvalue weighted by Crippen LogP contribution is -2.08. The van der Waals surface area contributed by atoms with Crippen LogP contribution in [0.1, 0.15) is 18.1 Å². The van der Waals surface area contributed by atoms with E-state index in [0.717, 1.165) is 5.56 Å². The van der Waals surface area contributed by atoms with Crippen LogP contribution in [0.4, 0.5) is 5.69 Å². The molecule has 0 fully saturated rings. The number of hydrogen-bond donors (Lipinski definition) is 0. The van der Waals surface area contributed by atoms with Gasteiger partial charge in [-0.3, -0.25) is 14.9 Å². The molecule has 1 rings (SSSR count). The molecule has 0 aliphatic heterocycles. The summed E-state index contributed by atoms with van der Waals surface area (Å²) in [5.41, 5.74) is 1.47. The molecule has 0 heterocycles. The lowest BCUT2D eigenvalue weighted by molar-refractivity contribution is -0.384. The van der Waals surface area contributed by atoms with Crippen molar-refractivity contribution in [1.29, 1.82) is 0 Å². The predicted molar refractivity (Wildman–Crippen MR) is 58.2 cm³/mol. The Bertz CT molecular complexity index is 414. The molecule has 0 aromatic heterocycles. The van der Waals surface area contributed by atoms with E-state index >= 15 is 0 Å². The van der Waals surface area contributed by atoms with Crippen molar-refractivity contribution in [2.24, 2.45) is 0 Å². The first-order chi connectivity index (χ1) is 7.54. The maximum atomic E-state index is 11.3. The van der Waals surface area contributed by atoms with Crippen LogP contribution in [-0.4, -0.2) is 17.5 Å². The smallest absolute Gasteiger partial charge is 0.310 e. The van der Waals surface area contributed by atoms with Crippen LogP contribution in [0.5, 0.6) is 0 Å². The molecule has 0 bridgehead atoms. The Labute approximate surface area is 93.2 Å². The van der Waals surface area contributed by atoms with Crippen molar-refractivity contribution >= 4 is 11.7 Å². The minimum atomic E-state index is -0.478. The fourth-order valence-corrected chi connectivity index (χ4v) is 1.33. The topological polar surface area (TPSA) is 69.4 Å². The van der Waals surface area contributed by atoms with Crippen LogP contribution >= 0.6 is 0 Å². The Hall–Kier alpha value is -1.91. The van der Waals surface area contributed by atoms with E-state index in [4.69, 9.17) is 4.74 Å². The molecule has 0 aliphatic rings. The minimum Gasteiger partial charge on any atom is -0.466 e. The lowest BCUT2D eigenvalue weighted by Gasteiger charge is -2.05. The number of carbonyl (C=O) groups excluding carboxylic acids is 1. The van der Waals surface area contributed by atoms with E-state index in [1.807, 2.05) is 0 Å². The molecule has 0 N–H and O–H groups in total. The number of hydrogen-bond acceptors (Lipinski definition) is 4. The van der Waals surface area contributed by atoms with Gasteiger partial charge in [0.05, 0.1) is 18.0 Å². The summed E-state index contributed by atoms with van der Waals surface area (Å²) < 4.78 is 4.79. The van der Waals surface area contributed by atoms with Crippen LogP contribution < -0.4 is 0 Å². The molecular formula is C11H13NO4. The second-order valence-corrected chi connectivity index (χ2v) is 3.35. The van der Waals surface area contributed by atoms with Gasteiger partial charge in [-0.25, -0.2) is 0 Å². The predicted octanol–water partition coefficient (Wildman–Crippen LogP) is 2.01. The van der Waals surface area contributed by atoms with E-state index < -0.39 is 4.92 Å². The van der Waals surface area contributed by atoms with Crippen molar-refractivity contribution in [1.82, 2.24) is 0 Å². The number of aryl methyl sites for hydroxylation is 1. The van der Waals surface area contributed by atoms with E-state index in [1.54, 1.807) is 19.9 Å². The fourth-order valence-electron chi connectivity index (χ4n) is 1.33. The highest BCUT2D eigenvalue weighted by atomic mass is 16.6. The molecule has 0 aliphatic carbocycles. The standard InChI is InChI=1S/C11H13NO4/c1-3-16-11(13)7-9-6-10(12(14)15)5-4-8(9)2/h4-6H,3,7H2,1-2H3. The van der Waals surface area contributed by atoms with E-state index in [0.29, 0.717) is 12.2 Å². The number of ether oxygens (including phenoxy) is 1. The third-order valence-corrected chi connectivity index (χ3v) is 2.18. The third kappa shape index (κ3) is 3.05. The van der Waals surface area contributed by atoms with E-state index in [9.17, 15) is 14.9 Å². The minimum absolute atomic E-state index is 0.00935. The van der Waals surface area contributed by atoms with E-state index in [-0.39, 0.29) is 18.1 Å². The second kappa shape index (κ2) is 5.25. The molecule has 0 radical (unpaired) electrons. The maximum Gasteiger partial charge on any atom is 0.310 e. The van der Waals surface area contributed by atoms with Crippen molar-refractivity contribution < 1.29 is 14.5 Å². The molecule has 1 aromatic carbocycles. The van der Waals surface area contributed by atoms with Crippen LogP contribution in [0, 0.1) is 17.0 Å². The van der Waals surface area contributed by atoms with Crippen molar-refractivity contribution in [3.63, 3.8) is 0 Å². The summed E-state index contributed by atoms with van der Waals surface area (Å²) in [5, 5.41) is 10.6. The summed E-state index contributed by atoms with van der Waals surface area (Å²) in [4.78, 5) is 21.3. The molecule has 86 valence electrons. The molecule has 16 heavy (non-hydrogen) atoms. The zero-order valence-electron chi connectivity index (χ0n) is 9.23.